The van der Waals surface area contributed by atoms with Gasteiger partial charge in [0.2, 0.25) is 0 Å². The minimum absolute atomic E-state index is 0.00177. The molecular formula is C23H25NO3. The fourth-order valence-corrected chi connectivity index (χ4v) is 4.58. The predicted molar refractivity (Wildman–Crippen MR) is 104 cm³/mol. The highest BCUT2D eigenvalue weighted by molar-refractivity contribution is 5.93. The first kappa shape index (κ1) is 17.8. The Morgan fingerprint density at radius 2 is 1.74 bits per heavy atom. The Kier molecular flexibility index (Phi) is 5.23. The number of nitrogens with one attached hydrogen (secondary N) is 1. The van der Waals surface area contributed by atoms with Crippen LogP contribution in [0.25, 0.3) is 0 Å². The molecule has 0 saturated heterocycles. The summed E-state index contributed by atoms with van der Waals surface area (Å²) >= 11 is 0. The number of anilines is 1. The van der Waals surface area contributed by atoms with Crippen molar-refractivity contribution in [3.8, 4) is 0 Å². The van der Waals surface area contributed by atoms with E-state index in [1.54, 1.807) is 0 Å². The lowest BCUT2D eigenvalue weighted by atomic mass is 9.89. The maximum atomic E-state index is 12.3. The molecule has 0 aliphatic heterocycles. The highest BCUT2D eigenvalue weighted by Crippen LogP contribution is 2.48. The van der Waals surface area contributed by atoms with Crippen molar-refractivity contribution in [2.24, 2.45) is 17.8 Å². The van der Waals surface area contributed by atoms with Gasteiger partial charge in [-0.25, -0.2) is 0 Å². The van der Waals surface area contributed by atoms with Gasteiger partial charge in [0.05, 0.1) is 5.92 Å². The van der Waals surface area contributed by atoms with Crippen LogP contribution in [0.2, 0.25) is 0 Å². The zero-order valence-electron chi connectivity index (χ0n) is 15.4. The number of hydrogen-bond acceptors (Lipinski definition) is 3. The van der Waals surface area contributed by atoms with Crippen molar-refractivity contribution >= 4 is 17.6 Å². The van der Waals surface area contributed by atoms with E-state index >= 15 is 0 Å². The van der Waals surface area contributed by atoms with Crippen molar-refractivity contribution in [2.45, 2.75) is 32.1 Å². The second kappa shape index (κ2) is 7.95. The van der Waals surface area contributed by atoms with Crippen LogP contribution in [-0.2, 0) is 20.7 Å². The van der Waals surface area contributed by atoms with Gasteiger partial charge in [-0.3, -0.25) is 9.59 Å². The SMILES string of the molecule is O=C(COC(=O)C1CC2CCC1C2)Nc1ccccc1Cc1ccccc1. The molecule has 0 spiro atoms. The average molecular weight is 363 g/mol. The quantitative estimate of drug-likeness (QED) is 0.783. The number of benzene rings is 2. The molecule has 3 atom stereocenters. The molecule has 2 aromatic rings. The van der Waals surface area contributed by atoms with Gasteiger partial charge in [-0.15, -0.1) is 0 Å². The fourth-order valence-electron chi connectivity index (χ4n) is 4.58. The number of carbonyl (C=O) groups excluding carboxylic acids is 2. The number of fused-ring (bicyclic) bond motifs is 2. The minimum atomic E-state index is -0.285. The summed E-state index contributed by atoms with van der Waals surface area (Å²) < 4.78 is 5.32. The molecule has 3 unspecified atom stereocenters. The van der Waals surface area contributed by atoms with Gasteiger partial charge in [0.15, 0.2) is 6.61 Å². The Hall–Kier alpha value is -2.62. The standard InChI is InChI=1S/C23H25NO3/c25-22(15-27-23(26)20-14-17-10-11-18(20)13-17)24-21-9-5-4-8-19(21)12-16-6-2-1-3-7-16/h1-9,17-18,20H,10-15H2,(H,24,25). The second-order valence-corrected chi connectivity index (χ2v) is 7.76. The van der Waals surface area contributed by atoms with Gasteiger partial charge in [-0.2, -0.15) is 0 Å². The van der Waals surface area contributed by atoms with Crippen molar-refractivity contribution in [1.29, 1.82) is 0 Å². The molecule has 2 bridgehead atoms. The predicted octanol–water partition coefficient (Wildman–Crippen LogP) is 4.20. The highest BCUT2D eigenvalue weighted by Gasteiger charge is 2.43. The van der Waals surface area contributed by atoms with E-state index in [0.717, 1.165) is 36.9 Å². The lowest BCUT2D eigenvalue weighted by molar-refractivity contribution is -0.153. The summed E-state index contributed by atoms with van der Waals surface area (Å²) in [7, 11) is 0. The van der Waals surface area contributed by atoms with Gasteiger partial charge in [0.25, 0.3) is 5.91 Å². The molecule has 0 aromatic heterocycles. The highest BCUT2D eigenvalue weighted by atomic mass is 16.5. The molecule has 1 N–H and O–H groups in total. The van der Waals surface area contributed by atoms with E-state index in [-0.39, 0.29) is 24.4 Å². The van der Waals surface area contributed by atoms with Crippen LogP contribution in [0.1, 0.15) is 36.8 Å². The summed E-state index contributed by atoms with van der Waals surface area (Å²) in [4.78, 5) is 24.6. The summed E-state index contributed by atoms with van der Waals surface area (Å²) in [6.07, 6.45) is 5.20. The minimum Gasteiger partial charge on any atom is -0.455 e. The molecule has 140 valence electrons. The Morgan fingerprint density at radius 3 is 2.48 bits per heavy atom. The molecule has 2 fully saturated rings. The lowest BCUT2D eigenvalue weighted by Crippen LogP contribution is -2.27. The maximum absolute atomic E-state index is 12.3. The third-order valence-corrected chi connectivity index (χ3v) is 5.92. The van der Waals surface area contributed by atoms with Crippen molar-refractivity contribution in [2.75, 3.05) is 11.9 Å². The summed E-state index contributed by atoms with van der Waals surface area (Å²) in [5, 5.41) is 2.89. The van der Waals surface area contributed by atoms with Gasteiger partial charge >= 0.3 is 5.97 Å². The summed E-state index contributed by atoms with van der Waals surface area (Å²) in [6, 6.07) is 17.9. The summed E-state index contributed by atoms with van der Waals surface area (Å²) in [5.74, 6) is 0.673. The average Bonchev–Trinajstić information content (AvgIpc) is 3.32. The van der Waals surface area contributed by atoms with Crippen molar-refractivity contribution in [1.82, 2.24) is 0 Å². The third-order valence-electron chi connectivity index (χ3n) is 5.92. The molecule has 0 radical (unpaired) electrons. The topological polar surface area (TPSA) is 55.4 Å². The largest absolute Gasteiger partial charge is 0.455 e. The van der Waals surface area contributed by atoms with Crippen LogP contribution in [0.15, 0.2) is 54.6 Å². The van der Waals surface area contributed by atoms with Crippen LogP contribution >= 0.6 is 0 Å². The number of ether oxygens (including phenoxy) is 1. The third kappa shape index (κ3) is 4.21. The second-order valence-electron chi connectivity index (χ2n) is 7.76. The van der Waals surface area contributed by atoms with Gasteiger partial charge in [-0.1, -0.05) is 55.0 Å². The number of hydrogen-bond donors (Lipinski definition) is 1. The first-order valence-corrected chi connectivity index (χ1v) is 9.77. The van der Waals surface area contributed by atoms with E-state index in [1.807, 2.05) is 42.5 Å². The fraction of sp³-hybridized carbons (Fsp3) is 0.391. The van der Waals surface area contributed by atoms with E-state index in [0.29, 0.717) is 11.8 Å². The number of esters is 1. The maximum Gasteiger partial charge on any atom is 0.309 e. The van der Waals surface area contributed by atoms with E-state index in [2.05, 4.69) is 17.4 Å². The van der Waals surface area contributed by atoms with Gasteiger partial charge in [0, 0.05) is 5.69 Å². The van der Waals surface area contributed by atoms with Crippen LogP contribution in [0.3, 0.4) is 0 Å². The van der Waals surface area contributed by atoms with Crippen molar-refractivity contribution in [3.63, 3.8) is 0 Å². The van der Waals surface area contributed by atoms with Gasteiger partial charge in [-0.05, 0) is 54.7 Å². The summed E-state index contributed by atoms with van der Waals surface area (Å²) in [6.45, 7) is -0.216. The van der Waals surface area contributed by atoms with Crippen LogP contribution in [-0.4, -0.2) is 18.5 Å². The molecule has 0 heterocycles. The number of amides is 1. The van der Waals surface area contributed by atoms with E-state index in [9.17, 15) is 9.59 Å². The number of para-hydroxylation sites is 1. The molecular weight excluding hydrogens is 338 g/mol. The Bertz CT molecular complexity index is 817. The zero-order chi connectivity index (χ0) is 18.6. The molecule has 2 saturated carbocycles. The molecule has 27 heavy (non-hydrogen) atoms. The Balaban J connectivity index is 1.32. The van der Waals surface area contributed by atoms with Crippen LogP contribution in [0.5, 0.6) is 0 Å². The molecule has 2 aliphatic carbocycles. The van der Waals surface area contributed by atoms with Gasteiger partial charge in [0.1, 0.15) is 0 Å². The van der Waals surface area contributed by atoms with Crippen molar-refractivity contribution in [3.05, 3.63) is 65.7 Å². The lowest BCUT2D eigenvalue weighted by Gasteiger charge is -2.19. The van der Waals surface area contributed by atoms with Crippen LogP contribution in [0, 0.1) is 17.8 Å². The Morgan fingerprint density at radius 1 is 0.963 bits per heavy atom. The van der Waals surface area contributed by atoms with E-state index < -0.39 is 0 Å². The number of carbonyl (C=O) groups is 2. The molecule has 1 amide bonds. The van der Waals surface area contributed by atoms with E-state index in [1.165, 1.54) is 12.0 Å². The molecule has 4 nitrogen and oxygen atoms in total. The molecule has 4 rings (SSSR count). The number of rotatable bonds is 6. The Labute approximate surface area is 159 Å². The van der Waals surface area contributed by atoms with Crippen LogP contribution in [0.4, 0.5) is 5.69 Å². The molecule has 2 aromatic carbocycles. The first-order chi connectivity index (χ1) is 13.2. The smallest absolute Gasteiger partial charge is 0.309 e. The molecule has 4 heteroatoms. The normalized spacial score (nSPS) is 23.2. The first-order valence-electron chi connectivity index (χ1n) is 9.77. The monoisotopic (exact) mass is 363 g/mol. The van der Waals surface area contributed by atoms with Gasteiger partial charge < -0.3 is 10.1 Å². The zero-order valence-corrected chi connectivity index (χ0v) is 15.4. The van der Waals surface area contributed by atoms with Crippen LogP contribution < -0.4 is 5.32 Å². The van der Waals surface area contributed by atoms with Crippen molar-refractivity contribution < 1.29 is 14.3 Å². The summed E-state index contributed by atoms with van der Waals surface area (Å²) in [5.41, 5.74) is 2.99. The molecule has 2 aliphatic rings. The van der Waals surface area contributed by atoms with E-state index in [4.69, 9.17) is 4.74 Å².